The summed E-state index contributed by atoms with van der Waals surface area (Å²) in [6.07, 6.45) is 2.60. The molecule has 2 heterocycles. The number of Topliss-reactive ketones (excluding diaryl/α,β-unsaturated/α-hetero) is 1. The highest BCUT2D eigenvalue weighted by molar-refractivity contribution is 6.10. The van der Waals surface area contributed by atoms with Gasteiger partial charge in [0.1, 0.15) is 0 Å². The molecule has 0 unspecified atom stereocenters. The monoisotopic (exact) mass is 434 g/mol. The number of nitrogens with zero attached hydrogens (tertiary/aromatic N) is 3. The summed E-state index contributed by atoms with van der Waals surface area (Å²) in [5, 5.41) is 6.14. The molecule has 172 valence electrons. The van der Waals surface area contributed by atoms with Gasteiger partial charge in [-0.3, -0.25) is 4.79 Å². The zero-order chi connectivity index (χ0) is 22.7. The molecule has 1 aromatic heterocycles. The second-order valence-corrected chi connectivity index (χ2v) is 9.81. The Balaban J connectivity index is 1.55. The number of ketones is 1. The zero-order valence-electron chi connectivity index (χ0n) is 20.1. The highest BCUT2D eigenvalue weighted by Gasteiger charge is 2.20. The van der Waals surface area contributed by atoms with Crippen molar-refractivity contribution in [3.63, 3.8) is 0 Å². The van der Waals surface area contributed by atoms with Crippen LogP contribution in [-0.2, 0) is 6.54 Å². The van der Waals surface area contributed by atoms with Crippen molar-refractivity contribution in [2.24, 2.45) is 0 Å². The van der Waals surface area contributed by atoms with Crippen molar-refractivity contribution in [1.29, 1.82) is 0 Å². The molecule has 32 heavy (non-hydrogen) atoms. The van der Waals surface area contributed by atoms with Gasteiger partial charge in [-0.1, -0.05) is 30.3 Å². The van der Waals surface area contributed by atoms with Crippen molar-refractivity contribution in [3.8, 4) is 0 Å². The number of aromatic nitrogens is 1. The minimum atomic E-state index is 0.245. The maximum Gasteiger partial charge on any atom is 0.162 e. The fourth-order valence-corrected chi connectivity index (χ4v) is 5.24. The molecule has 0 spiro atoms. The van der Waals surface area contributed by atoms with Gasteiger partial charge < -0.3 is 19.7 Å². The van der Waals surface area contributed by atoms with E-state index in [1.165, 1.54) is 21.8 Å². The lowest BCUT2D eigenvalue weighted by Gasteiger charge is -2.36. The predicted octanol–water partition coefficient (Wildman–Crippen LogP) is 4.39. The van der Waals surface area contributed by atoms with Crippen LogP contribution < -0.4 is 5.32 Å². The summed E-state index contributed by atoms with van der Waals surface area (Å²) in [6, 6.07) is 16.0. The molecular formula is C27H38N4O. The van der Waals surface area contributed by atoms with Crippen molar-refractivity contribution in [2.75, 3.05) is 40.3 Å². The summed E-state index contributed by atoms with van der Waals surface area (Å²) < 4.78 is 2.43. The Morgan fingerprint density at radius 2 is 1.69 bits per heavy atom. The van der Waals surface area contributed by atoms with Crippen LogP contribution in [0.2, 0.25) is 0 Å². The molecular weight excluding hydrogens is 396 g/mol. The molecule has 2 atom stereocenters. The van der Waals surface area contributed by atoms with E-state index in [2.05, 4.69) is 84.0 Å². The molecule has 0 radical (unpaired) electrons. The minimum Gasteiger partial charge on any atom is -0.340 e. The Kier molecular flexibility index (Phi) is 7.29. The largest absolute Gasteiger partial charge is 0.340 e. The summed E-state index contributed by atoms with van der Waals surface area (Å²) in [5.41, 5.74) is 3.29. The number of piperazine rings is 1. The average Bonchev–Trinajstić information content (AvgIpc) is 3.06. The average molecular weight is 435 g/mol. The van der Waals surface area contributed by atoms with E-state index < -0.39 is 0 Å². The minimum absolute atomic E-state index is 0.245. The molecule has 4 rings (SSSR count). The molecule has 5 nitrogen and oxygen atoms in total. The third-order valence-electron chi connectivity index (χ3n) is 6.59. The topological polar surface area (TPSA) is 40.5 Å². The van der Waals surface area contributed by atoms with Gasteiger partial charge in [-0.25, -0.2) is 0 Å². The van der Waals surface area contributed by atoms with Crippen LogP contribution in [0, 0.1) is 0 Å². The first-order chi connectivity index (χ1) is 15.4. The summed E-state index contributed by atoms with van der Waals surface area (Å²) >= 11 is 0. The van der Waals surface area contributed by atoms with E-state index in [1.54, 1.807) is 0 Å². The van der Waals surface area contributed by atoms with Crippen LogP contribution in [0.3, 0.4) is 0 Å². The van der Waals surface area contributed by atoms with E-state index in [-0.39, 0.29) is 5.78 Å². The van der Waals surface area contributed by atoms with Gasteiger partial charge in [0.15, 0.2) is 5.78 Å². The number of benzene rings is 2. The fourth-order valence-electron chi connectivity index (χ4n) is 5.24. The standard InChI is InChI=1S/C27H38N4O/c1-20-18-30(19-21(2)28-20)15-8-16-31-25-10-6-5-9-23(25)24-13-12-22(17-26(24)31)27(32)11-7-14-29(3)4/h5-6,9-10,12-13,17,20-21,28H,7-8,11,14-16,18-19H2,1-4H3/t20-,21+. The van der Waals surface area contributed by atoms with E-state index in [1.807, 2.05) is 6.07 Å². The molecule has 0 amide bonds. The number of para-hydroxylation sites is 1. The molecule has 0 saturated carbocycles. The fraction of sp³-hybridized carbons (Fsp3) is 0.519. The molecule has 3 aromatic rings. The van der Waals surface area contributed by atoms with E-state index in [4.69, 9.17) is 0 Å². The molecule has 1 fully saturated rings. The summed E-state index contributed by atoms with van der Waals surface area (Å²) in [6.45, 7) is 9.78. The highest BCUT2D eigenvalue weighted by Crippen LogP contribution is 2.30. The normalized spacial score (nSPS) is 19.9. The van der Waals surface area contributed by atoms with Crippen LogP contribution in [0.25, 0.3) is 21.8 Å². The number of hydrogen-bond acceptors (Lipinski definition) is 4. The van der Waals surface area contributed by atoms with E-state index in [0.717, 1.165) is 51.1 Å². The first-order valence-electron chi connectivity index (χ1n) is 12.1. The lowest BCUT2D eigenvalue weighted by Crippen LogP contribution is -2.54. The maximum atomic E-state index is 12.8. The van der Waals surface area contributed by atoms with Gasteiger partial charge in [-0.2, -0.15) is 0 Å². The number of aryl methyl sites for hydroxylation is 1. The van der Waals surface area contributed by atoms with Gasteiger partial charge >= 0.3 is 0 Å². The first-order valence-corrected chi connectivity index (χ1v) is 12.1. The summed E-state index contributed by atoms with van der Waals surface area (Å²) in [5.74, 6) is 0.245. The molecule has 1 aliphatic rings. The predicted molar refractivity (Wildman–Crippen MR) is 135 cm³/mol. The number of hydrogen-bond donors (Lipinski definition) is 1. The lowest BCUT2D eigenvalue weighted by atomic mass is 10.0. The maximum absolute atomic E-state index is 12.8. The Labute approximate surface area is 192 Å². The van der Waals surface area contributed by atoms with Crippen molar-refractivity contribution >= 4 is 27.6 Å². The summed E-state index contributed by atoms with van der Waals surface area (Å²) in [4.78, 5) is 17.6. The summed E-state index contributed by atoms with van der Waals surface area (Å²) in [7, 11) is 4.10. The van der Waals surface area contributed by atoms with Crippen LogP contribution in [-0.4, -0.2) is 72.5 Å². The quantitative estimate of drug-likeness (QED) is 0.507. The second kappa shape index (κ2) is 10.2. The van der Waals surface area contributed by atoms with Gasteiger partial charge in [0.05, 0.1) is 0 Å². The van der Waals surface area contributed by atoms with Crippen molar-refractivity contribution < 1.29 is 4.79 Å². The molecule has 5 heteroatoms. The van der Waals surface area contributed by atoms with Crippen molar-refractivity contribution in [1.82, 2.24) is 19.7 Å². The van der Waals surface area contributed by atoms with Crippen LogP contribution in [0.1, 0.15) is 43.5 Å². The van der Waals surface area contributed by atoms with E-state index in [9.17, 15) is 4.79 Å². The van der Waals surface area contributed by atoms with Crippen molar-refractivity contribution in [3.05, 3.63) is 48.0 Å². The first kappa shape index (κ1) is 23.0. The Morgan fingerprint density at radius 1 is 0.969 bits per heavy atom. The molecule has 1 aliphatic heterocycles. The van der Waals surface area contributed by atoms with Gasteiger partial charge in [0, 0.05) is 65.5 Å². The number of carbonyl (C=O) groups is 1. The molecule has 1 saturated heterocycles. The third-order valence-corrected chi connectivity index (χ3v) is 6.59. The van der Waals surface area contributed by atoms with Gasteiger partial charge in [0.2, 0.25) is 0 Å². The number of rotatable bonds is 9. The van der Waals surface area contributed by atoms with Crippen LogP contribution in [0.5, 0.6) is 0 Å². The molecule has 1 N–H and O–H groups in total. The smallest absolute Gasteiger partial charge is 0.162 e. The van der Waals surface area contributed by atoms with Gasteiger partial charge in [-0.15, -0.1) is 0 Å². The Morgan fingerprint density at radius 3 is 2.44 bits per heavy atom. The van der Waals surface area contributed by atoms with E-state index in [0.29, 0.717) is 18.5 Å². The van der Waals surface area contributed by atoms with Gasteiger partial charge in [0.25, 0.3) is 0 Å². The SMILES string of the molecule is C[C@@H]1CN(CCCn2c3ccccc3c3ccc(C(=O)CCCN(C)C)cc32)C[C@H](C)N1. The molecule has 0 aliphatic carbocycles. The number of fused-ring (bicyclic) bond motifs is 3. The number of nitrogens with one attached hydrogen (secondary N) is 1. The van der Waals surface area contributed by atoms with E-state index >= 15 is 0 Å². The lowest BCUT2D eigenvalue weighted by molar-refractivity contribution is 0.0977. The highest BCUT2D eigenvalue weighted by atomic mass is 16.1. The van der Waals surface area contributed by atoms with Gasteiger partial charge in [-0.05, 0) is 66.0 Å². The van der Waals surface area contributed by atoms with Crippen molar-refractivity contribution in [2.45, 2.75) is 51.7 Å². The molecule has 2 aromatic carbocycles. The number of carbonyl (C=O) groups excluding carboxylic acids is 1. The Bertz CT molecular complexity index is 1060. The molecule has 0 bridgehead atoms. The van der Waals surface area contributed by atoms with Crippen LogP contribution in [0.15, 0.2) is 42.5 Å². The second-order valence-electron chi connectivity index (χ2n) is 9.81. The Hall–Kier alpha value is -2.21. The van der Waals surface area contributed by atoms with Crippen LogP contribution >= 0.6 is 0 Å². The van der Waals surface area contributed by atoms with Crippen LogP contribution in [0.4, 0.5) is 0 Å². The zero-order valence-corrected chi connectivity index (χ0v) is 20.1. The third kappa shape index (κ3) is 5.22.